The summed E-state index contributed by atoms with van der Waals surface area (Å²) in [6.45, 7) is 0.900. The summed E-state index contributed by atoms with van der Waals surface area (Å²) in [6, 6.07) is 12.2. The molecule has 178 valence electrons. The smallest absolute Gasteiger partial charge is 0.290 e. The second-order valence-corrected chi connectivity index (χ2v) is 8.23. The second kappa shape index (κ2) is 9.02. The number of nitrogens with zero attached hydrogens (tertiary/aromatic N) is 3. The molecule has 5 rings (SSSR count). The molecule has 0 radical (unpaired) electrons. The first-order valence-electron chi connectivity index (χ1n) is 11.1. The number of benzene rings is 2. The van der Waals surface area contributed by atoms with Gasteiger partial charge in [-0.1, -0.05) is 24.3 Å². The minimum atomic E-state index is -0.839. The van der Waals surface area contributed by atoms with E-state index in [4.69, 9.17) is 9.15 Å². The van der Waals surface area contributed by atoms with Gasteiger partial charge in [0.1, 0.15) is 5.75 Å². The number of aryl methyl sites for hydroxylation is 1. The third-order valence-electron chi connectivity index (χ3n) is 6.08. The Morgan fingerprint density at radius 1 is 1.14 bits per heavy atom. The highest BCUT2D eigenvalue weighted by atomic mass is 16.5. The average molecular weight is 473 g/mol. The highest BCUT2D eigenvalue weighted by Gasteiger charge is 2.44. The zero-order valence-corrected chi connectivity index (χ0v) is 18.9. The van der Waals surface area contributed by atoms with Crippen LogP contribution in [-0.4, -0.2) is 50.0 Å². The van der Waals surface area contributed by atoms with Crippen LogP contribution in [0, 0.1) is 0 Å². The Kier molecular flexibility index (Phi) is 5.74. The minimum absolute atomic E-state index is 0.0112. The number of methoxy groups -OCH3 is 1. The summed E-state index contributed by atoms with van der Waals surface area (Å²) in [6.07, 6.45) is 5.76. The molecule has 4 aromatic rings. The topological polar surface area (TPSA) is 118 Å². The zero-order valence-electron chi connectivity index (χ0n) is 18.9. The maximum absolute atomic E-state index is 13.6. The molecule has 0 fully saturated rings. The fraction of sp³-hybridized carbons (Fsp3) is 0.192. The van der Waals surface area contributed by atoms with E-state index in [0.29, 0.717) is 35.2 Å². The number of aromatic hydroxyl groups is 1. The van der Waals surface area contributed by atoms with Crippen molar-refractivity contribution in [2.24, 2.45) is 0 Å². The molecule has 2 aromatic heterocycles. The van der Waals surface area contributed by atoms with E-state index in [0.717, 1.165) is 0 Å². The number of hydrogen-bond donors (Lipinski definition) is 2. The third kappa shape index (κ3) is 4.01. The molecule has 1 amide bonds. The average Bonchev–Trinajstić information content (AvgIpc) is 3.59. The molecule has 0 aliphatic carbocycles. The first-order valence-corrected chi connectivity index (χ1v) is 11.1. The molecule has 2 aromatic carbocycles. The van der Waals surface area contributed by atoms with Crippen LogP contribution < -0.4 is 4.74 Å². The van der Waals surface area contributed by atoms with Crippen LogP contribution in [0.15, 0.2) is 83.0 Å². The molecule has 35 heavy (non-hydrogen) atoms. The van der Waals surface area contributed by atoms with Gasteiger partial charge in [-0.25, -0.2) is 4.98 Å². The molecule has 0 saturated heterocycles. The molecule has 3 heterocycles. The maximum atomic E-state index is 13.6. The van der Waals surface area contributed by atoms with Gasteiger partial charge in [-0.2, -0.15) is 0 Å². The van der Waals surface area contributed by atoms with Gasteiger partial charge in [0.2, 0.25) is 5.78 Å². The van der Waals surface area contributed by atoms with Crippen LogP contribution in [0.3, 0.4) is 0 Å². The number of aliphatic hydroxyl groups excluding tert-OH is 1. The Balaban J connectivity index is 1.51. The van der Waals surface area contributed by atoms with E-state index in [9.17, 15) is 19.8 Å². The Hall–Kier alpha value is -4.53. The van der Waals surface area contributed by atoms with Gasteiger partial charge in [-0.15, -0.1) is 0 Å². The van der Waals surface area contributed by atoms with Crippen molar-refractivity contribution in [1.29, 1.82) is 0 Å². The monoisotopic (exact) mass is 473 g/mol. The fourth-order valence-corrected chi connectivity index (χ4v) is 4.40. The van der Waals surface area contributed by atoms with E-state index in [2.05, 4.69) is 4.98 Å². The number of hydrogen-bond acceptors (Lipinski definition) is 7. The molecule has 1 aliphatic heterocycles. The van der Waals surface area contributed by atoms with Crippen molar-refractivity contribution in [1.82, 2.24) is 14.5 Å². The number of phenols is 1. The number of carbonyl (C=O) groups excluding carboxylic acids is 2. The summed E-state index contributed by atoms with van der Waals surface area (Å²) in [7, 11) is 1.51. The second-order valence-electron chi connectivity index (χ2n) is 8.23. The van der Waals surface area contributed by atoms with Gasteiger partial charge in [0.15, 0.2) is 22.9 Å². The van der Waals surface area contributed by atoms with E-state index in [1.54, 1.807) is 48.9 Å². The van der Waals surface area contributed by atoms with Crippen LogP contribution in [0.4, 0.5) is 0 Å². The first-order chi connectivity index (χ1) is 17.0. The van der Waals surface area contributed by atoms with Crippen molar-refractivity contribution in [2.45, 2.75) is 19.0 Å². The van der Waals surface area contributed by atoms with Gasteiger partial charge in [0.05, 0.1) is 25.1 Å². The summed E-state index contributed by atoms with van der Waals surface area (Å²) >= 11 is 0. The van der Waals surface area contributed by atoms with E-state index < -0.39 is 23.5 Å². The molecule has 1 unspecified atom stereocenters. The van der Waals surface area contributed by atoms with Crippen molar-refractivity contribution >= 4 is 22.7 Å². The van der Waals surface area contributed by atoms with Gasteiger partial charge in [0.25, 0.3) is 5.91 Å². The number of ketones is 1. The van der Waals surface area contributed by atoms with Gasteiger partial charge in [-0.05, 0) is 36.2 Å². The Morgan fingerprint density at radius 3 is 2.66 bits per heavy atom. The van der Waals surface area contributed by atoms with Gasteiger partial charge in [0, 0.05) is 30.9 Å². The van der Waals surface area contributed by atoms with Crippen LogP contribution in [0.1, 0.15) is 28.6 Å². The largest absolute Gasteiger partial charge is 0.508 e. The van der Waals surface area contributed by atoms with Crippen molar-refractivity contribution in [3.63, 3.8) is 0 Å². The standard InChI is InChI=1S/C26H23N3O6/c1-34-19-5-2-4-17-14-20(35-25(17)19)23(31)21-22(16-6-8-18(30)9-7-16)29(26(33)24(21)32)12-3-11-28-13-10-27-15-28/h2,4-10,13-15,22,30,32H,3,11-12H2,1H3. The number of phenolic OH excluding ortho intramolecular Hbond substituents is 1. The van der Waals surface area contributed by atoms with Crippen LogP contribution in [0.25, 0.3) is 11.0 Å². The molecule has 0 bridgehead atoms. The predicted octanol–water partition coefficient (Wildman–Crippen LogP) is 4.01. The lowest BCUT2D eigenvalue weighted by atomic mass is 9.95. The minimum Gasteiger partial charge on any atom is -0.508 e. The molecule has 2 N–H and O–H groups in total. The Morgan fingerprint density at radius 2 is 1.94 bits per heavy atom. The number of ether oxygens (including phenoxy) is 1. The maximum Gasteiger partial charge on any atom is 0.290 e. The van der Waals surface area contributed by atoms with Crippen molar-refractivity contribution in [3.05, 3.63) is 89.9 Å². The number of carbonyl (C=O) groups is 2. The quantitative estimate of drug-likeness (QED) is 0.371. The van der Waals surface area contributed by atoms with Crippen LogP contribution in [0.2, 0.25) is 0 Å². The number of furan rings is 1. The van der Waals surface area contributed by atoms with Crippen molar-refractivity contribution < 1.29 is 29.0 Å². The highest BCUT2D eigenvalue weighted by Crippen LogP contribution is 2.40. The number of Topliss-reactive ketones (excluding diaryl/α,β-unsaturated/α-hetero) is 1. The number of fused-ring (bicyclic) bond motifs is 1. The first kappa shape index (κ1) is 22.3. The van der Waals surface area contributed by atoms with Gasteiger partial charge < -0.3 is 28.8 Å². The zero-order chi connectivity index (χ0) is 24.5. The Bertz CT molecular complexity index is 1420. The Labute approximate surface area is 200 Å². The molecular weight excluding hydrogens is 450 g/mol. The molecule has 9 nitrogen and oxygen atoms in total. The van der Waals surface area contributed by atoms with Gasteiger partial charge in [-0.3, -0.25) is 9.59 Å². The third-order valence-corrected chi connectivity index (χ3v) is 6.08. The lowest BCUT2D eigenvalue weighted by molar-refractivity contribution is -0.129. The highest BCUT2D eigenvalue weighted by molar-refractivity contribution is 6.16. The number of aliphatic hydroxyl groups is 1. The predicted molar refractivity (Wildman–Crippen MR) is 126 cm³/mol. The molecule has 0 spiro atoms. The molecule has 0 saturated carbocycles. The summed E-state index contributed by atoms with van der Waals surface area (Å²) < 4.78 is 13.0. The lowest BCUT2D eigenvalue weighted by Crippen LogP contribution is -2.32. The van der Waals surface area contributed by atoms with Crippen LogP contribution in [0.5, 0.6) is 11.5 Å². The lowest BCUT2D eigenvalue weighted by Gasteiger charge is -2.26. The molecule has 9 heteroatoms. The van der Waals surface area contributed by atoms with Gasteiger partial charge >= 0.3 is 0 Å². The SMILES string of the molecule is COc1cccc2cc(C(=O)C3=C(O)C(=O)N(CCCn4ccnc4)C3c3ccc(O)cc3)oc12. The van der Waals surface area contributed by atoms with E-state index in [1.807, 2.05) is 10.8 Å². The summed E-state index contributed by atoms with van der Waals surface area (Å²) in [5, 5.41) is 21.3. The van der Waals surface area contributed by atoms with E-state index in [-0.39, 0.29) is 23.6 Å². The molecule has 1 atom stereocenters. The van der Waals surface area contributed by atoms with E-state index >= 15 is 0 Å². The normalized spacial score (nSPS) is 15.9. The van der Waals surface area contributed by atoms with Crippen molar-refractivity contribution in [3.8, 4) is 11.5 Å². The number of rotatable bonds is 8. The summed E-state index contributed by atoms with van der Waals surface area (Å²) in [5.41, 5.74) is 0.919. The number of aromatic nitrogens is 2. The van der Waals surface area contributed by atoms with E-state index in [1.165, 1.54) is 24.1 Å². The number of amides is 1. The molecule has 1 aliphatic rings. The molecular formula is C26H23N3O6. The van der Waals surface area contributed by atoms with Crippen LogP contribution >= 0.6 is 0 Å². The fourth-order valence-electron chi connectivity index (χ4n) is 4.40. The summed E-state index contributed by atoms with van der Waals surface area (Å²) in [5.74, 6) is -1.32. The van der Waals surface area contributed by atoms with Crippen LogP contribution in [-0.2, 0) is 11.3 Å². The number of imidazole rings is 1. The summed E-state index contributed by atoms with van der Waals surface area (Å²) in [4.78, 5) is 32.2. The number of para-hydroxylation sites is 1. The van der Waals surface area contributed by atoms with Crippen molar-refractivity contribution in [2.75, 3.05) is 13.7 Å².